The molecule has 1 aliphatic rings. The predicted octanol–water partition coefficient (Wildman–Crippen LogP) is 2.16. The van der Waals surface area contributed by atoms with Gasteiger partial charge >= 0.3 is 0 Å². The van der Waals surface area contributed by atoms with Crippen LogP contribution in [0.5, 0.6) is 0 Å². The van der Waals surface area contributed by atoms with Crippen molar-refractivity contribution in [1.82, 2.24) is 10.2 Å². The van der Waals surface area contributed by atoms with Crippen molar-refractivity contribution in [2.45, 2.75) is 53.0 Å². The molecule has 1 amide bonds. The summed E-state index contributed by atoms with van der Waals surface area (Å²) < 4.78 is 0. The van der Waals surface area contributed by atoms with E-state index in [9.17, 15) is 4.79 Å². The van der Waals surface area contributed by atoms with Crippen molar-refractivity contribution in [3.05, 3.63) is 0 Å². The lowest BCUT2D eigenvalue weighted by molar-refractivity contribution is -0.127. The lowest BCUT2D eigenvalue weighted by Crippen LogP contribution is -2.55. The fourth-order valence-electron chi connectivity index (χ4n) is 2.42. The van der Waals surface area contributed by atoms with Crippen molar-refractivity contribution in [3.63, 3.8) is 0 Å². The molecule has 1 unspecified atom stereocenters. The molecule has 19 heavy (non-hydrogen) atoms. The fraction of sp³-hybridized carbons (Fsp3) is 0.867. The van der Waals surface area contributed by atoms with Crippen molar-refractivity contribution in [1.29, 1.82) is 5.26 Å². The van der Waals surface area contributed by atoms with E-state index in [1.54, 1.807) is 13.8 Å². The minimum Gasteiger partial charge on any atom is -0.353 e. The van der Waals surface area contributed by atoms with Gasteiger partial charge in [-0.25, -0.2) is 0 Å². The van der Waals surface area contributed by atoms with Crippen molar-refractivity contribution >= 4 is 5.91 Å². The number of likely N-dealkylation sites (tertiary alicyclic amines) is 1. The van der Waals surface area contributed by atoms with Crippen molar-refractivity contribution < 1.29 is 4.79 Å². The van der Waals surface area contributed by atoms with Crippen LogP contribution in [0.3, 0.4) is 0 Å². The third-order valence-corrected chi connectivity index (χ3v) is 4.04. The van der Waals surface area contributed by atoms with Crippen LogP contribution < -0.4 is 5.32 Å². The zero-order valence-corrected chi connectivity index (χ0v) is 12.9. The number of carbonyl (C=O) groups excluding carboxylic acids is 1. The molecule has 1 aliphatic heterocycles. The maximum Gasteiger partial charge on any atom is 0.239 e. The first kappa shape index (κ1) is 16.0. The molecule has 0 bridgehead atoms. The topological polar surface area (TPSA) is 56.1 Å². The largest absolute Gasteiger partial charge is 0.353 e. The highest BCUT2D eigenvalue weighted by Crippen LogP contribution is 2.23. The Balaban J connectivity index is 2.55. The van der Waals surface area contributed by atoms with Crippen LogP contribution in [0, 0.1) is 22.7 Å². The number of amides is 1. The molecule has 1 saturated heterocycles. The minimum atomic E-state index is -0.953. The van der Waals surface area contributed by atoms with E-state index in [0.29, 0.717) is 6.54 Å². The fourth-order valence-corrected chi connectivity index (χ4v) is 2.42. The van der Waals surface area contributed by atoms with Gasteiger partial charge in [0.1, 0.15) is 5.41 Å². The maximum absolute atomic E-state index is 11.9. The molecule has 108 valence electrons. The first-order valence-electron chi connectivity index (χ1n) is 7.13. The Morgan fingerprint density at radius 3 is 2.58 bits per heavy atom. The van der Waals surface area contributed by atoms with E-state index in [1.807, 2.05) is 6.07 Å². The van der Waals surface area contributed by atoms with Crippen LogP contribution in [0.1, 0.15) is 47.5 Å². The Labute approximate surface area is 117 Å². The number of nitriles is 1. The van der Waals surface area contributed by atoms with Gasteiger partial charge in [0.2, 0.25) is 5.91 Å². The first-order valence-corrected chi connectivity index (χ1v) is 7.13. The lowest BCUT2D eigenvalue weighted by Gasteiger charge is -2.43. The summed E-state index contributed by atoms with van der Waals surface area (Å²) >= 11 is 0. The summed E-state index contributed by atoms with van der Waals surface area (Å²) in [6.45, 7) is 12.7. The Morgan fingerprint density at radius 2 is 2.05 bits per heavy atom. The second-order valence-electron chi connectivity index (χ2n) is 6.93. The number of nitrogens with zero attached hydrogens (tertiary/aromatic N) is 2. The average Bonchev–Trinajstić information content (AvgIpc) is 2.36. The summed E-state index contributed by atoms with van der Waals surface area (Å²) in [6.07, 6.45) is 2.52. The second-order valence-corrected chi connectivity index (χ2v) is 6.93. The summed E-state index contributed by atoms with van der Waals surface area (Å²) in [5, 5.41) is 11.9. The molecule has 0 aromatic heterocycles. The van der Waals surface area contributed by atoms with E-state index in [-0.39, 0.29) is 11.4 Å². The van der Waals surface area contributed by atoms with Crippen molar-refractivity contribution in [2.24, 2.45) is 11.3 Å². The zero-order valence-electron chi connectivity index (χ0n) is 12.9. The van der Waals surface area contributed by atoms with Crippen molar-refractivity contribution in [3.8, 4) is 6.07 Å². The Kier molecular flexibility index (Phi) is 4.98. The average molecular weight is 265 g/mol. The van der Waals surface area contributed by atoms with Crippen LogP contribution in [-0.2, 0) is 4.79 Å². The molecular weight excluding hydrogens is 238 g/mol. The quantitative estimate of drug-likeness (QED) is 0.847. The molecule has 1 atom stereocenters. The molecule has 1 rings (SSSR count). The van der Waals surface area contributed by atoms with Crippen LogP contribution >= 0.6 is 0 Å². The molecule has 4 heteroatoms. The zero-order chi connectivity index (χ0) is 14.7. The highest BCUT2D eigenvalue weighted by atomic mass is 16.2. The smallest absolute Gasteiger partial charge is 0.239 e. The van der Waals surface area contributed by atoms with Gasteiger partial charge in [0.15, 0.2) is 0 Å². The van der Waals surface area contributed by atoms with E-state index >= 15 is 0 Å². The van der Waals surface area contributed by atoms with Gasteiger partial charge in [0, 0.05) is 18.6 Å². The van der Waals surface area contributed by atoms with E-state index in [0.717, 1.165) is 19.0 Å². The number of piperidine rings is 1. The Morgan fingerprint density at radius 1 is 1.42 bits per heavy atom. The number of rotatable bonds is 4. The molecular formula is C15H27N3O. The van der Waals surface area contributed by atoms with Gasteiger partial charge < -0.3 is 5.32 Å². The monoisotopic (exact) mass is 265 g/mol. The van der Waals surface area contributed by atoms with E-state index in [2.05, 4.69) is 31.0 Å². The van der Waals surface area contributed by atoms with Crippen molar-refractivity contribution in [2.75, 3.05) is 19.6 Å². The van der Waals surface area contributed by atoms with Gasteiger partial charge in [0.05, 0.1) is 6.07 Å². The van der Waals surface area contributed by atoms with Gasteiger partial charge in [-0.3, -0.25) is 9.69 Å². The maximum atomic E-state index is 11.9. The van der Waals surface area contributed by atoms with E-state index in [4.69, 9.17) is 5.26 Å². The third-order valence-electron chi connectivity index (χ3n) is 4.04. The third kappa shape index (κ3) is 4.21. The van der Waals surface area contributed by atoms with E-state index < -0.39 is 5.41 Å². The summed E-state index contributed by atoms with van der Waals surface area (Å²) in [5.74, 6) is 0.535. The number of nitrogens with one attached hydrogen (secondary N) is 1. The van der Waals surface area contributed by atoms with Gasteiger partial charge in [0.25, 0.3) is 0 Å². The van der Waals surface area contributed by atoms with Crippen LogP contribution in [0.2, 0.25) is 0 Å². The predicted molar refractivity (Wildman–Crippen MR) is 76.5 cm³/mol. The minimum absolute atomic E-state index is 0.0596. The molecule has 4 nitrogen and oxygen atoms in total. The molecule has 0 saturated carbocycles. The normalized spacial score (nSPS) is 21.8. The standard InChI is InChI=1S/C15H27N3O/c1-12-7-6-8-18(9-12)15(4,5)11-17-13(19)14(2,3)10-16/h12H,6-9,11H2,1-5H3,(H,17,19). The van der Waals surface area contributed by atoms with Crippen LogP contribution in [0.4, 0.5) is 0 Å². The highest BCUT2D eigenvalue weighted by Gasteiger charge is 2.33. The molecule has 0 aromatic rings. The summed E-state index contributed by atoms with van der Waals surface area (Å²) in [4.78, 5) is 14.4. The molecule has 1 heterocycles. The number of carbonyl (C=O) groups is 1. The van der Waals surface area contributed by atoms with Gasteiger partial charge in [-0.05, 0) is 53.0 Å². The molecule has 0 spiro atoms. The van der Waals surface area contributed by atoms with Crippen LogP contribution in [0.15, 0.2) is 0 Å². The second kappa shape index (κ2) is 5.92. The Bertz CT molecular complexity index is 368. The molecule has 1 fully saturated rings. The van der Waals surface area contributed by atoms with Gasteiger partial charge in [-0.2, -0.15) is 5.26 Å². The Hall–Kier alpha value is -1.08. The van der Waals surface area contributed by atoms with Crippen LogP contribution in [0.25, 0.3) is 0 Å². The van der Waals surface area contributed by atoms with Crippen LogP contribution in [-0.4, -0.2) is 36.0 Å². The lowest BCUT2D eigenvalue weighted by atomic mass is 9.92. The molecule has 0 aromatic carbocycles. The summed E-state index contributed by atoms with van der Waals surface area (Å²) in [6, 6.07) is 2.04. The number of hydrogen-bond donors (Lipinski definition) is 1. The molecule has 1 N–H and O–H groups in total. The van der Waals surface area contributed by atoms with Gasteiger partial charge in [-0.1, -0.05) is 6.92 Å². The first-order chi connectivity index (χ1) is 8.69. The highest BCUT2D eigenvalue weighted by molar-refractivity contribution is 5.84. The molecule has 0 aliphatic carbocycles. The van der Waals surface area contributed by atoms with E-state index in [1.165, 1.54) is 12.8 Å². The summed E-state index contributed by atoms with van der Waals surface area (Å²) in [5.41, 5.74) is -1.01. The molecule has 0 radical (unpaired) electrons. The SMILES string of the molecule is CC1CCCN(C(C)(C)CNC(=O)C(C)(C)C#N)C1. The number of hydrogen-bond acceptors (Lipinski definition) is 3. The summed E-state index contributed by atoms with van der Waals surface area (Å²) in [7, 11) is 0. The van der Waals surface area contributed by atoms with Gasteiger partial charge in [-0.15, -0.1) is 0 Å².